The van der Waals surface area contributed by atoms with Gasteiger partial charge in [-0.1, -0.05) is 36.4 Å². The van der Waals surface area contributed by atoms with E-state index in [0.717, 1.165) is 11.1 Å². The molecule has 0 spiro atoms. The molecule has 0 radical (unpaired) electrons. The summed E-state index contributed by atoms with van der Waals surface area (Å²) < 4.78 is 0. The summed E-state index contributed by atoms with van der Waals surface area (Å²) in [5.74, 6) is -1.10. The van der Waals surface area contributed by atoms with Gasteiger partial charge in [0.15, 0.2) is 0 Å². The van der Waals surface area contributed by atoms with E-state index in [1.165, 1.54) is 6.92 Å². The van der Waals surface area contributed by atoms with Gasteiger partial charge in [0, 0.05) is 30.8 Å². The zero-order chi connectivity index (χ0) is 20.5. The molecule has 0 aromatic heterocycles. The maximum atomic E-state index is 12.5. The summed E-state index contributed by atoms with van der Waals surface area (Å²) in [5, 5.41) is 17.3. The van der Waals surface area contributed by atoms with Gasteiger partial charge in [0.05, 0.1) is 0 Å². The first-order valence-corrected chi connectivity index (χ1v) is 9.05. The van der Waals surface area contributed by atoms with Gasteiger partial charge in [-0.3, -0.25) is 9.59 Å². The Morgan fingerprint density at radius 1 is 0.964 bits per heavy atom. The summed E-state index contributed by atoms with van der Waals surface area (Å²) in [6.45, 7) is 3.22. The lowest BCUT2D eigenvalue weighted by Gasteiger charge is -2.20. The molecule has 2 rings (SSSR count). The Kier molecular flexibility index (Phi) is 7.56. The number of carboxylic acid groups (broad SMARTS) is 1. The monoisotopic (exact) mass is 383 g/mol. The molecule has 0 aliphatic heterocycles. The molecule has 2 aromatic rings. The molecule has 1 atom stereocenters. The van der Waals surface area contributed by atoms with Crippen LogP contribution in [0.4, 0.5) is 16.2 Å². The van der Waals surface area contributed by atoms with E-state index in [2.05, 4.69) is 16.0 Å². The van der Waals surface area contributed by atoms with Gasteiger partial charge in [-0.15, -0.1) is 0 Å². The van der Waals surface area contributed by atoms with Crippen LogP contribution in [0, 0.1) is 6.92 Å². The zero-order valence-corrected chi connectivity index (χ0v) is 16.0. The molecule has 148 valence electrons. The molecule has 4 N–H and O–H groups in total. The SMILES string of the molecule is CC(=O)Nc1cccc(NC(=O)NC(CCC(=O)O)Cc2ccccc2)c1C. The molecule has 2 aromatic carbocycles. The van der Waals surface area contributed by atoms with E-state index in [1.807, 2.05) is 30.3 Å². The highest BCUT2D eigenvalue weighted by molar-refractivity contribution is 5.94. The molecule has 0 fully saturated rings. The maximum absolute atomic E-state index is 12.5. The number of benzene rings is 2. The maximum Gasteiger partial charge on any atom is 0.319 e. The molecule has 7 nitrogen and oxygen atoms in total. The van der Waals surface area contributed by atoms with Crippen molar-refractivity contribution in [3.05, 3.63) is 59.7 Å². The third kappa shape index (κ3) is 6.75. The molecule has 0 saturated carbocycles. The molecule has 3 amide bonds. The second-order valence-electron chi connectivity index (χ2n) is 6.58. The van der Waals surface area contributed by atoms with Crippen molar-refractivity contribution in [1.82, 2.24) is 5.32 Å². The zero-order valence-electron chi connectivity index (χ0n) is 16.0. The van der Waals surface area contributed by atoms with E-state index in [-0.39, 0.29) is 18.4 Å². The Labute approximate surface area is 164 Å². The topological polar surface area (TPSA) is 108 Å². The largest absolute Gasteiger partial charge is 0.481 e. The molecule has 0 heterocycles. The predicted molar refractivity (Wildman–Crippen MR) is 108 cm³/mol. The van der Waals surface area contributed by atoms with E-state index in [9.17, 15) is 14.4 Å². The third-order valence-corrected chi connectivity index (χ3v) is 4.26. The molecule has 0 bridgehead atoms. The van der Waals surface area contributed by atoms with Crippen molar-refractivity contribution in [1.29, 1.82) is 0 Å². The fourth-order valence-electron chi connectivity index (χ4n) is 2.86. The molecule has 0 saturated heterocycles. The van der Waals surface area contributed by atoms with E-state index < -0.39 is 12.0 Å². The van der Waals surface area contributed by atoms with Crippen LogP contribution in [0.25, 0.3) is 0 Å². The summed E-state index contributed by atoms with van der Waals surface area (Å²) in [6, 6.07) is 14.1. The van der Waals surface area contributed by atoms with Gasteiger partial charge in [0.1, 0.15) is 0 Å². The van der Waals surface area contributed by atoms with Crippen LogP contribution in [-0.2, 0) is 16.0 Å². The number of carbonyl (C=O) groups excluding carboxylic acids is 2. The fraction of sp³-hybridized carbons (Fsp3) is 0.286. The number of nitrogens with one attached hydrogen (secondary N) is 3. The summed E-state index contributed by atoms with van der Waals surface area (Å²) in [6.07, 6.45) is 0.823. The number of anilines is 2. The lowest BCUT2D eigenvalue weighted by Crippen LogP contribution is -2.39. The summed E-state index contributed by atoms with van der Waals surface area (Å²) >= 11 is 0. The van der Waals surface area contributed by atoms with Crippen LogP contribution in [0.1, 0.15) is 30.9 Å². The van der Waals surface area contributed by atoms with Crippen molar-refractivity contribution < 1.29 is 19.5 Å². The minimum atomic E-state index is -0.904. The quantitative estimate of drug-likeness (QED) is 0.559. The van der Waals surface area contributed by atoms with Crippen molar-refractivity contribution in [2.45, 2.75) is 39.2 Å². The van der Waals surface area contributed by atoms with Crippen molar-refractivity contribution in [3.8, 4) is 0 Å². The van der Waals surface area contributed by atoms with E-state index in [0.29, 0.717) is 24.2 Å². The van der Waals surface area contributed by atoms with Crippen LogP contribution >= 0.6 is 0 Å². The predicted octanol–water partition coefficient (Wildman–Crippen LogP) is 3.55. The highest BCUT2D eigenvalue weighted by Crippen LogP contribution is 2.23. The first-order chi connectivity index (χ1) is 13.3. The van der Waals surface area contributed by atoms with Crippen LogP contribution in [0.3, 0.4) is 0 Å². The number of carboxylic acids is 1. The Balaban J connectivity index is 2.06. The van der Waals surface area contributed by atoms with Gasteiger partial charge >= 0.3 is 12.0 Å². The first kappa shape index (κ1) is 21.0. The van der Waals surface area contributed by atoms with Crippen LogP contribution in [0.5, 0.6) is 0 Å². The number of carbonyl (C=O) groups is 3. The number of hydrogen-bond donors (Lipinski definition) is 4. The Bertz CT molecular complexity index is 837. The standard InChI is InChI=1S/C21H25N3O4/c1-14-18(22-15(2)25)9-6-10-19(14)24-21(28)23-17(11-12-20(26)27)13-16-7-4-3-5-8-16/h3-10,17H,11-13H2,1-2H3,(H,22,25)(H,26,27)(H2,23,24,28). The number of hydrogen-bond acceptors (Lipinski definition) is 3. The van der Waals surface area contributed by atoms with Crippen LogP contribution in [-0.4, -0.2) is 29.1 Å². The lowest BCUT2D eigenvalue weighted by atomic mass is 10.0. The van der Waals surface area contributed by atoms with Crippen LogP contribution in [0.15, 0.2) is 48.5 Å². The molecular formula is C21H25N3O4. The van der Waals surface area contributed by atoms with Crippen molar-refractivity contribution in [3.63, 3.8) is 0 Å². The smallest absolute Gasteiger partial charge is 0.319 e. The van der Waals surface area contributed by atoms with Gasteiger partial charge < -0.3 is 21.1 Å². The minimum absolute atomic E-state index is 0.0329. The van der Waals surface area contributed by atoms with Crippen LogP contribution < -0.4 is 16.0 Å². The highest BCUT2D eigenvalue weighted by Gasteiger charge is 2.16. The molecule has 0 aliphatic rings. The van der Waals surface area contributed by atoms with Gasteiger partial charge in [-0.25, -0.2) is 4.79 Å². The Hall–Kier alpha value is -3.35. The van der Waals surface area contributed by atoms with E-state index in [1.54, 1.807) is 25.1 Å². The molecule has 1 unspecified atom stereocenters. The average molecular weight is 383 g/mol. The molecule has 28 heavy (non-hydrogen) atoms. The molecule has 7 heteroatoms. The summed E-state index contributed by atoms with van der Waals surface area (Å²) in [7, 11) is 0. The third-order valence-electron chi connectivity index (χ3n) is 4.26. The van der Waals surface area contributed by atoms with Crippen LogP contribution in [0.2, 0.25) is 0 Å². The fourth-order valence-corrected chi connectivity index (χ4v) is 2.86. The number of urea groups is 1. The molecular weight excluding hydrogens is 358 g/mol. The minimum Gasteiger partial charge on any atom is -0.481 e. The molecule has 0 aliphatic carbocycles. The van der Waals surface area contributed by atoms with Gasteiger partial charge in [0.25, 0.3) is 0 Å². The Morgan fingerprint density at radius 2 is 1.61 bits per heavy atom. The van der Waals surface area contributed by atoms with Gasteiger partial charge in [0.2, 0.25) is 5.91 Å². The lowest BCUT2D eigenvalue weighted by molar-refractivity contribution is -0.137. The number of amides is 3. The average Bonchev–Trinajstić information content (AvgIpc) is 2.63. The van der Waals surface area contributed by atoms with Crippen molar-refractivity contribution in [2.24, 2.45) is 0 Å². The summed E-state index contributed by atoms with van der Waals surface area (Å²) in [5.41, 5.74) is 2.94. The second-order valence-corrected chi connectivity index (χ2v) is 6.58. The van der Waals surface area contributed by atoms with Crippen molar-refractivity contribution in [2.75, 3.05) is 10.6 Å². The first-order valence-electron chi connectivity index (χ1n) is 9.05. The second kappa shape index (κ2) is 10.1. The van der Waals surface area contributed by atoms with Gasteiger partial charge in [-0.05, 0) is 43.0 Å². The van der Waals surface area contributed by atoms with E-state index >= 15 is 0 Å². The highest BCUT2D eigenvalue weighted by atomic mass is 16.4. The normalized spacial score (nSPS) is 11.4. The number of aliphatic carboxylic acids is 1. The summed E-state index contributed by atoms with van der Waals surface area (Å²) in [4.78, 5) is 34.7. The Morgan fingerprint density at radius 3 is 2.21 bits per heavy atom. The van der Waals surface area contributed by atoms with E-state index in [4.69, 9.17) is 5.11 Å². The van der Waals surface area contributed by atoms with Crippen molar-refractivity contribution >= 4 is 29.3 Å². The van der Waals surface area contributed by atoms with Gasteiger partial charge in [-0.2, -0.15) is 0 Å². The number of rotatable bonds is 8.